The van der Waals surface area contributed by atoms with E-state index in [1.807, 2.05) is 6.92 Å². The Bertz CT molecular complexity index is 829. The summed E-state index contributed by atoms with van der Waals surface area (Å²) in [6.45, 7) is 2.44. The van der Waals surface area contributed by atoms with Gasteiger partial charge in [0.05, 0.1) is 6.61 Å². The number of thioether (sulfide) groups is 1. The van der Waals surface area contributed by atoms with Crippen molar-refractivity contribution in [2.75, 3.05) is 17.7 Å². The molecule has 3 rings (SSSR count). The molecule has 26 heavy (non-hydrogen) atoms. The molecule has 1 heterocycles. The quantitative estimate of drug-likeness (QED) is 0.670. The second kappa shape index (κ2) is 8.27. The molecule has 0 saturated heterocycles. The number of nitrogens with zero attached hydrogens (tertiary/aromatic N) is 1. The molecule has 0 spiro atoms. The van der Waals surface area contributed by atoms with Gasteiger partial charge in [-0.3, -0.25) is 14.6 Å². The predicted octanol–water partition coefficient (Wildman–Crippen LogP) is 3.04. The highest BCUT2D eigenvalue weighted by atomic mass is 32.2. The molecule has 8 heteroatoms. The summed E-state index contributed by atoms with van der Waals surface area (Å²) in [5.41, 5.74) is 5.83. The Balaban J connectivity index is 1.72. The van der Waals surface area contributed by atoms with Crippen molar-refractivity contribution in [3.05, 3.63) is 40.2 Å². The molecule has 0 bridgehead atoms. The molecule has 1 aliphatic rings. The van der Waals surface area contributed by atoms with Gasteiger partial charge in [-0.2, -0.15) is 0 Å². The third kappa shape index (κ3) is 4.37. The van der Waals surface area contributed by atoms with Crippen molar-refractivity contribution in [2.24, 2.45) is 0 Å². The molecule has 1 fully saturated rings. The molecular weight excluding hydrogens is 352 g/mol. The van der Waals surface area contributed by atoms with Crippen molar-refractivity contribution in [2.45, 2.75) is 43.0 Å². The van der Waals surface area contributed by atoms with E-state index in [1.165, 1.54) is 24.6 Å². The van der Waals surface area contributed by atoms with Gasteiger partial charge in [0.1, 0.15) is 11.4 Å². The van der Waals surface area contributed by atoms with Crippen LogP contribution in [0.4, 0.5) is 11.5 Å². The van der Waals surface area contributed by atoms with E-state index in [4.69, 9.17) is 10.5 Å². The van der Waals surface area contributed by atoms with Gasteiger partial charge in [0, 0.05) is 10.8 Å². The minimum Gasteiger partial charge on any atom is -0.494 e. The fraction of sp³-hybridized carbons (Fsp3) is 0.389. The minimum atomic E-state index is -0.447. The number of hydrogen-bond donors (Lipinski definition) is 3. The number of aromatic amines is 1. The largest absolute Gasteiger partial charge is 0.494 e. The molecule has 1 aliphatic carbocycles. The normalized spacial score (nSPS) is 14.3. The van der Waals surface area contributed by atoms with Crippen LogP contribution >= 0.6 is 11.8 Å². The maximum absolute atomic E-state index is 12.4. The number of hydrogen-bond acceptors (Lipinski definition) is 6. The standard InChI is InChI=1S/C18H22N4O3S/c1-2-25-12-9-7-11(8-10-12)16(23)20-14-15(19)21-18(22-17(14)24)26-13-5-3-4-6-13/h7-10,13H,2-6H2,1H3,(H,20,23)(H3,19,21,22,24). The lowest BCUT2D eigenvalue weighted by molar-refractivity contribution is 0.102. The van der Waals surface area contributed by atoms with Crippen LogP contribution in [0.25, 0.3) is 0 Å². The summed E-state index contributed by atoms with van der Waals surface area (Å²) in [4.78, 5) is 31.6. The van der Waals surface area contributed by atoms with Gasteiger partial charge in [0.2, 0.25) is 0 Å². The number of nitrogen functional groups attached to an aromatic ring is 1. The number of carbonyl (C=O) groups is 1. The van der Waals surface area contributed by atoms with Gasteiger partial charge >= 0.3 is 0 Å². The first-order chi connectivity index (χ1) is 12.6. The van der Waals surface area contributed by atoms with Crippen molar-refractivity contribution in [3.8, 4) is 5.75 Å². The van der Waals surface area contributed by atoms with Crippen LogP contribution in [0.5, 0.6) is 5.75 Å². The summed E-state index contributed by atoms with van der Waals surface area (Å²) < 4.78 is 5.35. The number of nitrogens with one attached hydrogen (secondary N) is 2. The lowest BCUT2D eigenvalue weighted by Gasteiger charge is -2.11. The highest BCUT2D eigenvalue weighted by molar-refractivity contribution is 7.99. The first-order valence-corrected chi connectivity index (χ1v) is 9.55. The molecule has 0 unspecified atom stereocenters. The predicted molar refractivity (Wildman–Crippen MR) is 103 cm³/mol. The first-order valence-electron chi connectivity index (χ1n) is 8.67. The summed E-state index contributed by atoms with van der Waals surface area (Å²) in [5, 5.41) is 3.51. The average molecular weight is 374 g/mol. The van der Waals surface area contributed by atoms with Crippen molar-refractivity contribution in [1.29, 1.82) is 0 Å². The van der Waals surface area contributed by atoms with Crippen LogP contribution in [0.1, 0.15) is 43.0 Å². The molecule has 1 aromatic heterocycles. The fourth-order valence-corrected chi connectivity index (χ4v) is 4.05. The Morgan fingerprint density at radius 2 is 2.04 bits per heavy atom. The van der Waals surface area contributed by atoms with Crippen LogP contribution in [0.3, 0.4) is 0 Å². The van der Waals surface area contributed by atoms with Crippen molar-refractivity contribution < 1.29 is 9.53 Å². The summed E-state index contributed by atoms with van der Waals surface area (Å²) >= 11 is 1.54. The average Bonchev–Trinajstić information content (AvgIpc) is 3.12. The number of aromatic nitrogens is 2. The Hall–Kier alpha value is -2.48. The highest BCUT2D eigenvalue weighted by Gasteiger charge is 2.19. The lowest BCUT2D eigenvalue weighted by atomic mass is 10.2. The van der Waals surface area contributed by atoms with E-state index in [1.54, 1.807) is 24.3 Å². The van der Waals surface area contributed by atoms with Crippen molar-refractivity contribution >= 4 is 29.2 Å². The van der Waals surface area contributed by atoms with Gasteiger partial charge in [-0.25, -0.2) is 4.98 Å². The van der Waals surface area contributed by atoms with E-state index in [-0.39, 0.29) is 11.5 Å². The van der Waals surface area contributed by atoms with E-state index in [0.29, 0.717) is 28.3 Å². The van der Waals surface area contributed by atoms with E-state index >= 15 is 0 Å². The van der Waals surface area contributed by atoms with Gasteiger partial charge in [-0.15, -0.1) is 0 Å². The topological polar surface area (TPSA) is 110 Å². The van der Waals surface area contributed by atoms with Crippen molar-refractivity contribution in [3.63, 3.8) is 0 Å². The maximum Gasteiger partial charge on any atom is 0.277 e. The smallest absolute Gasteiger partial charge is 0.277 e. The van der Waals surface area contributed by atoms with E-state index in [9.17, 15) is 9.59 Å². The lowest BCUT2D eigenvalue weighted by Crippen LogP contribution is -2.23. The number of carbonyl (C=O) groups excluding carboxylic acids is 1. The molecule has 2 aromatic rings. The van der Waals surface area contributed by atoms with Crippen LogP contribution in [-0.2, 0) is 0 Å². The molecular formula is C18H22N4O3S. The SMILES string of the molecule is CCOc1ccc(C(=O)Nc2c(N)nc(SC3CCCC3)[nH]c2=O)cc1. The number of ether oxygens (including phenoxy) is 1. The minimum absolute atomic E-state index is 0.0218. The van der Waals surface area contributed by atoms with Crippen molar-refractivity contribution in [1.82, 2.24) is 9.97 Å². The Kier molecular flexibility index (Phi) is 5.82. The van der Waals surface area contributed by atoms with Crippen LogP contribution in [-0.4, -0.2) is 27.7 Å². The Labute approximate surface area is 155 Å². The summed E-state index contributed by atoms with van der Waals surface area (Å²) in [6, 6.07) is 6.65. The molecule has 0 atom stereocenters. The highest BCUT2D eigenvalue weighted by Crippen LogP contribution is 2.33. The second-order valence-electron chi connectivity index (χ2n) is 6.07. The van der Waals surface area contributed by atoms with Crippen LogP contribution in [0.15, 0.2) is 34.2 Å². The molecule has 0 aliphatic heterocycles. The van der Waals surface area contributed by atoms with Crippen LogP contribution in [0, 0.1) is 0 Å². The zero-order valence-corrected chi connectivity index (χ0v) is 15.4. The van der Waals surface area contributed by atoms with Crippen LogP contribution < -0.4 is 21.3 Å². The third-order valence-corrected chi connectivity index (χ3v) is 5.39. The molecule has 4 N–H and O–H groups in total. The third-order valence-electron chi connectivity index (χ3n) is 4.17. The van der Waals surface area contributed by atoms with E-state index in [0.717, 1.165) is 12.8 Å². The molecule has 1 aromatic carbocycles. The Morgan fingerprint density at radius 3 is 2.65 bits per heavy atom. The van der Waals surface area contributed by atoms with Gasteiger partial charge in [-0.1, -0.05) is 24.6 Å². The summed E-state index contributed by atoms with van der Waals surface area (Å²) in [6.07, 6.45) is 4.64. The van der Waals surface area contributed by atoms with Gasteiger partial charge in [0.15, 0.2) is 11.0 Å². The zero-order chi connectivity index (χ0) is 18.5. The van der Waals surface area contributed by atoms with Gasteiger partial charge in [-0.05, 0) is 44.0 Å². The van der Waals surface area contributed by atoms with Gasteiger partial charge < -0.3 is 15.8 Å². The number of rotatable bonds is 6. The summed E-state index contributed by atoms with van der Waals surface area (Å²) in [7, 11) is 0. The molecule has 1 saturated carbocycles. The molecule has 0 radical (unpaired) electrons. The second-order valence-corrected chi connectivity index (χ2v) is 7.36. The molecule has 1 amide bonds. The zero-order valence-electron chi connectivity index (χ0n) is 14.6. The van der Waals surface area contributed by atoms with E-state index < -0.39 is 11.5 Å². The maximum atomic E-state index is 12.4. The molecule has 7 nitrogen and oxygen atoms in total. The number of nitrogens with two attached hydrogens (primary N) is 1. The fourth-order valence-electron chi connectivity index (χ4n) is 2.86. The van der Waals surface area contributed by atoms with E-state index in [2.05, 4.69) is 15.3 Å². The number of H-pyrrole nitrogens is 1. The van der Waals surface area contributed by atoms with Gasteiger partial charge in [0.25, 0.3) is 11.5 Å². The Morgan fingerprint density at radius 1 is 1.35 bits per heavy atom. The van der Waals surface area contributed by atoms with Crippen LogP contribution in [0.2, 0.25) is 0 Å². The number of benzene rings is 1. The first kappa shape index (κ1) is 18.3. The summed E-state index contributed by atoms with van der Waals surface area (Å²) in [5.74, 6) is 0.271. The number of anilines is 2. The number of amides is 1. The molecule has 138 valence electrons. The monoisotopic (exact) mass is 374 g/mol.